The van der Waals surface area contributed by atoms with Crippen molar-refractivity contribution in [2.75, 3.05) is 27.3 Å². The molecule has 4 heterocycles. The highest BCUT2D eigenvalue weighted by Gasteiger charge is 2.43. The van der Waals surface area contributed by atoms with Gasteiger partial charge in [-0.3, -0.25) is 14.4 Å². The van der Waals surface area contributed by atoms with E-state index in [9.17, 15) is 9.59 Å². The van der Waals surface area contributed by atoms with Crippen molar-refractivity contribution < 1.29 is 19.1 Å². The van der Waals surface area contributed by atoms with Gasteiger partial charge in [-0.2, -0.15) is 0 Å². The molecule has 160 valence electrons. The molecule has 9 heteroatoms. The molecule has 2 aromatic rings. The van der Waals surface area contributed by atoms with E-state index >= 15 is 0 Å². The third-order valence-electron chi connectivity index (χ3n) is 6.19. The van der Waals surface area contributed by atoms with Gasteiger partial charge in [0.25, 0.3) is 0 Å². The summed E-state index contributed by atoms with van der Waals surface area (Å²) in [4.78, 5) is 26.8. The Morgan fingerprint density at radius 1 is 1.27 bits per heavy atom. The molecule has 1 amide bonds. The zero-order valence-corrected chi connectivity index (χ0v) is 17.3. The Balaban J connectivity index is 1.34. The predicted molar refractivity (Wildman–Crippen MR) is 108 cm³/mol. The number of nitrogens with zero attached hydrogens (tertiary/aromatic N) is 4. The molecule has 9 nitrogen and oxygen atoms in total. The molecule has 3 fully saturated rings. The molecule has 0 saturated carbocycles. The number of rotatable bonds is 7. The van der Waals surface area contributed by atoms with Gasteiger partial charge in [0.2, 0.25) is 5.91 Å². The molecule has 3 aliphatic rings. The van der Waals surface area contributed by atoms with E-state index in [1.54, 1.807) is 18.0 Å². The third-order valence-corrected chi connectivity index (χ3v) is 6.19. The number of carbonyl (C=O) groups excluding carboxylic acids is 2. The monoisotopic (exact) mass is 413 g/mol. The molecular formula is C21H27N5O4. The van der Waals surface area contributed by atoms with E-state index in [0.29, 0.717) is 19.0 Å². The highest BCUT2D eigenvalue weighted by Crippen LogP contribution is 2.37. The van der Waals surface area contributed by atoms with Crippen molar-refractivity contribution in [1.29, 1.82) is 0 Å². The molecule has 5 rings (SSSR count). The van der Waals surface area contributed by atoms with Gasteiger partial charge in [0.05, 0.1) is 32.9 Å². The maximum Gasteiger partial charge on any atom is 0.360 e. The van der Waals surface area contributed by atoms with E-state index in [1.165, 1.54) is 7.11 Å². The summed E-state index contributed by atoms with van der Waals surface area (Å²) in [6, 6.07) is 8.01. The van der Waals surface area contributed by atoms with Crippen molar-refractivity contribution in [3.05, 3.63) is 41.7 Å². The van der Waals surface area contributed by atoms with Crippen molar-refractivity contribution in [3.8, 4) is 5.75 Å². The normalized spacial score (nSPS) is 25.0. The minimum Gasteiger partial charge on any atom is -0.496 e. The summed E-state index contributed by atoms with van der Waals surface area (Å²) in [6.07, 6.45) is 3.57. The van der Waals surface area contributed by atoms with Crippen LogP contribution in [-0.4, -0.2) is 65.1 Å². The van der Waals surface area contributed by atoms with Gasteiger partial charge in [-0.05, 0) is 31.4 Å². The van der Waals surface area contributed by atoms with E-state index in [4.69, 9.17) is 4.74 Å². The molecule has 3 saturated heterocycles. The van der Waals surface area contributed by atoms with Crippen LogP contribution in [-0.2, 0) is 22.6 Å². The van der Waals surface area contributed by atoms with E-state index in [-0.39, 0.29) is 23.6 Å². The van der Waals surface area contributed by atoms with Crippen LogP contribution in [0.2, 0.25) is 0 Å². The first-order chi connectivity index (χ1) is 14.6. The number of nitrogens with one attached hydrogen (secondary N) is 1. The summed E-state index contributed by atoms with van der Waals surface area (Å²) in [5.41, 5.74) is 1.18. The molecule has 1 aromatic heterocycles. The van der Waals surface area contributed by atoms with E-state index in [0.717, 1.165) is 37.2 Å². The van der Waals surface area contributed by atoms with Crippen molar-refractivity contribution in [2.24, 2.45) is 11.8 Å². The van der Waals surface area contributed by atoms with Crippen LogP contribution >= 0.6 is 0 Å². The summed E-state index contributed by atoms with van der Waals surface area (Å²) in [5.74, 6) is 0.736. The van der Waals surface area contributed by atoms with Crippen molar-refractivity contribution in [3.63, 3.8) is 0 Å². The van der Waals surface area contributed by atoms with Gasteiger partial charge in [-0.25, -0.2) is 4.79 Å². The molecule has 4 atom stereocenters. The summed E-state index contributed by atoms with van der Waals surface area (Å²) in [6.45, 7) is 2.83. The number of hydrogen-bond donors (Lipinski definition) is 1. The lowest BCUT2D eigenvalue weighted by molar-refractivity contribution is -0.133. The summed E-state index contributed by atoms with van der Waals surface area (Å²) in [5, 5.41) is 11.0. The molecule has 0 spiro atoms. The molecule has 2 bridgehead atoms. The maximum absolute atomic E-state index is 12.9. The lowest BCUT2D eigenvalue weighted by Crippen LogP contribution is -2.58. The highest BCUT2D eigenvalue weighted by molar-refractivity contribution is 5.86. The van der Waals surface area contributed by atoms with Gasteiger partial charge in [0, 0.05) is 24.7 Å². The summed E-state index contributed by atoms with van der Waals surface area (Å²) < 4.78 is 11.7. The largest absolute Gasteiger partial charge is 0.496 e. The van der Waals surface area contributed by atoms with Crippen LogP contribution in [0.1, 0.15) is 28.9 Å². The van der Waals surface area contributed by atoms with Gasteiger partial charge >= 0.3 is 5.97 Å². The van der Waals surface area contributed by atoms with Gasteiger partial charge in [-0.15, -0.1) is 5.10 Å². The number of piperidine rings is 3. The Morgan fingerprint density at radius 2 is 2.10 bits per heavy atom. The molecule has 1 aromatic carbocycles. The topological polar surface area (TPSA) is 98.6 Å². The minimum absolute atomic E-state index is 0.00826. The predicted octanol–water partition coefficient (Wildman–Crippen LogP) is 1.10. The number of aromatic nitrogens is 3. The van der Waals surface area contributed by atoms with Gasteiger partial charge in [-0.1, -0.05) is 23.4 Å². The Hall–Kier alpha value is -2.94. The van der Waals surface area contributed by atoms with E-state index < -0.39 is 5.97 Å². The second kappa shape index (κ2) is 8.83. The maximum atomic E-state index is 12.9. The standard InChI is InChI=1S/C21H27N5O4/c1-29-19-6-4-3-5-15(19)10-22-20(27)17-12-25-8-7-14(17)9-16(25)11-26-13-18(23-24-26)21(28)30-2/h3-6,13-14,16-17H,7-12H2,1-2H3,(H,22,27). The number of ether oxygens (including phenoxy) is 2. The number of para-hydroxylation sites is 1. The fraction of sp³-hybridized carbons (Fsp3) is 0.524. The zero-order valence-electron chi connectivity index (χ0n) is 17.3. The molecule has 1 N–H and O–H groups in total. The minimum atomic E-state index is -0.487. The SMILES string of the molecule is COC(=O)c1cn(CC2CC3CCN2CC3C(=O)NCc2ccccc2OC)nn1. The smallest absolute Gasteiger partial charge is 0.360 e. The number of methoxy groups -OCH3 is 2. The van der Waals surface area contributed by atoms with Crippen LogP contribution in [0.4, 0.5) is 0 Å². The quantitative estimate of drug-likeness (QED) is 0.679. The second-order valence-corrected chi connectivity index (χ2v) is 7.89. The first kappa shape index (κ1) is 20.3. The summed E-state index contributed by atoms with van der Waals surface area (Å²) in [7, 11) is 2.96. The van der Waals surface area contributed by atoms with Crippen LogP contribution in [0, 0.1) is 11.8 Å². The molecule has 0 aliphatic carbocycles. The first-order valence-electron chi connectivity index (χ1n) is 10.2. The van der Waals surface area contributed by atoms with Crippen LogP contribution < -0.4 is 10.1 Å². The average molecular weight is 413 g/mol. The van der Waals surface area contributed by atoms with E-state index in [2.05, 4.69) is 25.3 Å². The number of amides is 1. The Labute approximate surface area is 175 Å². The van der Waals surface area contributed by atoms with Crippen LogP contribution in [0.15, 0.2) is 30.5 Å². The van der Waals surface area contributed by atoms with Gasteiger partial charge < -0.3 is 14.8 Å². The number of esters is 1. The highest BCUT2D eigenvalue weighted by atomic mass is 16.5. The number of benzene rings is 1. The van der Waals surface area contributed by atoms with Crippen molar-refractivity contribution >= 4 is 11.9 Å². The number of carbonyl (C=O) groups is 2. The van der Waals surface area contributed by atoms with Crippen LogP contribution in [0.25, 0.3) is 0 Å². The number of fused-ring (bicyclic) bond motifs is 3. The van der Waals surface area contributed by atoms with Crippen LogP contribution in [0.3, 0.4) is 0 Å². The third kappa shape index (κ3) is 4.16. The molecular weight excluding hydrogens is 386 g/mol. The van der Waals surface area contributed by atoms with Gasteiger partial charge in [0.15, 0.2) is 5.69 Å². The molecule has 4 unspecified atom stereocenters. The Morgan fingerprint density at radius 3 is 2.83 bits per heavy atom. The lowest BCUT2D eigenvalue weighted by Gasteiger charge is -2.49. The lowest BCUT2D eigenvalue weighted by atomic mass is 9.75. The average Bonchev–Trinajstić information content (AvgIpc) is 3.26. The van der Waals surface area contributed by atoms with Gasteiger partial charge in [0.1, 0.15) is 5.75 Å². The molecule has 30 heavy (non-hydrogen) atoms. The van der Waals surface area contributed by atoms with Crippen molar-refractivity contribution in [2.45, 2.75) is 32.0 Å². The Kier molecular flexibility index (Phi) is 5.98. The summed E-state index contributed by atoms with van der Waals surface area (Å²) >= 11 is 0. The first-order valence-corrected chi connectivity index (χ1v) is 10.2. The molecule has 3 aliphatic heterocycles. The van der Waals surface area contributed by atoms with E-state index in [1.807, 2.05) is 24.3 Å². The molecule has 0 radical (unpaired) electrons. The fourth-order valence-electron chi connectivity index (χ4n) is 4.59. The van der Waals surface area contributed by atoms with Crippen LogP contribution in [0.5, 0.6) is 5.75 Å². The van der Waals surface area contributed by atoms with Crippen molar-refractivity contribution in [1.82, 2.24) is 25.2 Å². The zero-order chi connectivity index (χ0) is 21.1. The Bertz CT molecular complexity index is 914. The second-order valence-electron chi connectivity index (χ2n) is 7.89. The fourth-order valence-corrected chi connectivity index (χ4v) is 4.59. The number of hydrogen-bond acceptors (Lipinski definition) is 7.